The molecular formula is C21H19NO5. The van der Waals surface area contributed by atoms with Gasteiger partial charge in [0.2, 0.25) is 0 Å². The van der Waals surface area contributed by atoms with E-state index in [1.165, 1.54) is 0 Å². The molecule has 1 aromatic heterocycles. The number of hydrogen-bond donors (Lipinski definition) is 0. The summed E-state index contributed by atoms with van der Waals surface area (Å²) in [5, 5.41) is 0.943. The van der Waals surface area contributed by atoms with E-state index in [0.29, 0.717) is 37.6 Å². The van der Waals surface area contributed by atoms with Gasteiger partial charge < -0.3 is 23.5 Å². The van der Waals surface area contributed by atoms with Crippen molar-refractivity contribution in [2.45, 2.75) is 20.4 Å². The van der Waals surface area contributed by atoms with Crippen molar-refractivity contribution in [3.63, 3.8) is 0 Å². The molecule has 0 fully saturated rings. The average molecular weight is 365 g/mol. The van der Waals surface area contributed by atoms with Crippen molar-refractivity contribution in [2.75, 3.05) is 24.8 Å². The Bertz CT molecular complexity index is 1120. The normalized spacial score (nSPS) is 15.4. The lowest BCUT2D eigenvalue weighted by Gasteiger charge is -2.32. The van der Waals surface area contributed by atoms with Gasteiger partial charge in [0.1, 0.15) is 24.5 Å². The van der Waals surface area contributed by atoms with Crippen LogP contribution in [0.25, 0.3) is 11.0 Å². The molecule has 0 bridgehead atoms. The summed E-state index contributed by atoms with van der Waals surface area (Å²) in [5.74, 6) is 2.24. The third kappa shape index (κ3) is 2.51. The first-order chi connectivity index (χ1) is 13.1. The maximum Gasteiger partial charge on any atom is 0.339 e. The highest BCUT2D eigenvalue weighted by molar-refractivity contribution is 5.86. The molecule has 0 radical (unpaired) electrons. The highest BCUT2D eigenvalue weighted by atomic mass is 16.6. The molecule has 6 nitrogen and oxygen atoms in total. The molecule has 0 spiro atoms. The first-order valence-electron chi connectivity index (χ1n) is 8.95. The standard InChI is InChI=1S/C21H19NO5/c1-12-13(2)21(23)27-20-15(12)4-6-17-16(20)10-22(11-26-17)14-3-5-18-19(9-14)25-8-7-24-18/h3-6,9H,7-8,10-11H2,1-2H3. The van der Waals surface area contributed by atoms with Crippen molar-refractivity contribution in [3.8, 4) is 17.2 Å². The summed E-state index contributed by atoms with van der Waals surface area (Å²) in [6.45, 7) is 5.84. The predicted molar refractivity (Wildman–Crippen MR) is 101 cm³/mol. The van der Waals surface area contributed by atoms with E-state index in [4.69, 9.17) is 18.6 Å². The largest absolute Gasteiger partial charge is 0.486 e. The number of anilines is 1. The zero-order valence-corrected chi connectivity index (χ0v) is 15.2. The molecule has 27 heavy (non-hydrogen) atoms. The third-order valence-electron chi connectivity index (χ3n) is 5.30. The van der Waals surface area contributed by atoms with Gasteiger partial charge in [0.15, 0.2) is 18.2 Å². The second kappa shape index (κ2) is 5.94. The lowest BCUT2D eigenvalue weighted by Crippen LogP contribution is -2.32. The van der Waals surface area contributed by atoms with E-state index in [0.717, 1.165) is 39.4 Å². The second-order valence-corrected chi connectivity index (χ2v) is 6.86. The lowest BCUT2D eigenvalue weighted by atomic mass is 10.0. The van der Waals surface area contributed by atoms with Gasteiger partial charge in [0, 0.05) is 22.7 Å². The second-order valence-electron chi connectivity index (χ2n) is 6.86. The van der Waals surface area contributed by atoms with Crippen molar-refractivity contribution in [1.82, 2.24) is 0 Å². The van der Waals surface area contributed by atoms with Crippen LogP contribution in [-0.4, -0.2) is 19.9 Å². The number of fused-ring (bicyclic) bond motifs is 4. The summed E-state index contributed by atoms with van der Waals surface area (Å²) in [6, 6.07) is 9.76. The molecule has 2 aliphatic heterocycles. The van der Waals surface area contributed by atoms with Gasteiger partial charge in [-0.3, -0.25) is 0 Å². The molecule has 5 rings (SSSR count). The molecule has 2 aliphatic rings. The molecule has 3 aromatic rings. The number of rotatable bonds is 1. The van der Waals surface area contributed by atoms with Gasteiger partial charge in [-0.05, 0) is 43.7 Å². The highest BCUT2D eigenvalue weighted by Crippen LogP contribution is 2.38. The van der Waals surface area contributed by atoms with Crippen LogP contribution in [0.1, 0.15) is 16.7 Å². The third-order valence-corrected chi connectivity index (χ3v) is 5.30. The fourth-order valence-corrected chi connectivity index (χ4v) is 3.61. The van der Waals surface area contributed by atoms with Crippen molar-refractivity contribution in [2.24, 2.45) is 0 Å². The Hall–Kier alpha value is -3.15. The maximum atomic E-state index is 12.2. The topological polar surface area (TPSA) is 61.1 Å². The van der Waals surface area contributed by atoms with Crippen LogP contribution in [0.3, 0.4) is 0 Å². The van der Waals surface area contributed by atoms with E-state index in [-0.39, 0.29) is 5.63 Å². The quantitative estimate of drug-likeness (QED) is 0.615. The molecule has 6 heteroatoms. The van der Waals surface area contributed by atoms with Crippen molar-refractivity contribution in [1.29, 1.82) is 0 Å². The van der Waals surface area contributed by atoms with Crippen LogP contribution in [0, 0.1) is 13.8 Å². The Morgan fingerprint density at radius 1 is 0.889 bits per heavy atom. The molecule has 0 saturated heterocycles. The Labute approximate surface area is 155 Å². The number of aryl methyl sites for hydroxylation is 1. The predicted octanol–water partition coefficient (Wildman–Crippen LogP) is 3.54. The Balaban J connectivity index is 1.58. The van der Waals surface area contributed by atoms with Crippen LogP contribution < -0.4 is 24.7 Å². The summed E-state index contributed by atoms with van der Waals surface area (Å²) in [5.41, 5.74) is 3.73. The number of nitrogens with zero attached hydrogens (tertiary/aromatic N) is 1. The molecule has 138 valence electrons. The number of ether oxygens (including phenoxy) is 3. The Morgan fingerprint density at radius 3 is 2.52 bits per heavy atom. The minimum atomic E-state index is -0.301. The molecule has 0 saturated carbocycles. The first-order valence-corrected chi connectivity index (χ1v) is 8.95. The van der Waals surface area contributed by atoms with E-state index >= 15 is 0 Å². The molecule has 0 N–H and O–H groups in total. The summed E-state index contributed by atoms with van der Waals surface area (Å²) < 4.78 is 22.9. The average Bonchev–Trinajstić information content (AvgIpc) is 2.71. The van der Waals surface area contributed by atoms with Gasteiger partial charge in [0.05, 0.1) is 12.1 Å². The van der Waals surface area contributed by atoms with E-state index in [1.807, 2.05) is 37.3 Å². The van der Waals surface area contributed by atoms with Gasteiger partial charge in [-0.1, -0.05) is 0 Å². The minimum absolute atomic E-state index is 0.301. The van der Waals surface area contributed by atoms with Gasteiger partial charge in [0.25, 0.3) is 0 Å². The van der Waals surface area contributed by atoms with E-state index in [2.05, 4.69) is 4.90 Å². The monoisotopic (exact) mass is 365 g/mol. The molecule has 0 unspecified atom stereocenters. The van der Waals surface area contributed by atoms with Gasteiger partial charge in [-0.25, -0.2) is 4.79 Å². The van der Waals surface area contributed by atoms with Gasteiger partial charge in [-0.15, -0.1) is 0 Å². The zero-order valence-electron chi connectivity index (χ0n) is 15.2. The SMILES string of the molecule is Cc1c(C)c2ccc3c(c2oc1=O)CN(c1ccc2c(c1)OCCO2)CO3. The number of benzene rings is 2. The Kier molecular flexibility index (Phi) is 3.53. The van der Waals surface area contributed by atoms with Crippen LogP contribution in [0.2, 0.25) is 0 Å². The van der Waals surface area contributed by atoms with Gasteiger partial charge in [-0.2, -0.15) is 0 Å². The lowest BCUT2D eigenvalue weighted by molar-refractivity contribution is 0.171. The highest BCUT2D eigenvalue weighted by Gasteiger charge is 2.24. The van der Waals surface area contributed by atoms with Crippen LogP contribution in [0.5, 0.6) is 17.2 Å². The summed E-state index contributed by atoms with van der Waals surface area (Å²) in [7, 11) is 0. The van der Waals surface area contributed by atoms with Crippen molar-refractivity contribution < 1.29 is 18.6 Å². The van der Waals surface area contributed by atoms with E-state index in [1.54, 1.807) is 6.92 Å². The zero-order chi connectivity index (χ0) is 18.5. The first kappa shape index (κ1) is 16.1. The summed E-state index contributed by atoms with van der Waals surface area (Å²) >= 11 is 0. The van der Waals surface area contributed by atoms with Gasteiger partial charge >= 0.3 is 5.63 Å². The fourth-order valence-electron chi connectivity index (χ4n) is 3.61. The maximum absolute atomic E-state index is 12.2. The minimum Gasteiger partial charge on any atom is -0.486 e. The van der Waals surface area contributed by atoms with Crippen molar-refractivity contribution in [3.05, 3.63) is 57.4 Å². The smallest absolute Gasteiger partial charge is 0.339 e. The van der Waals surface area contributed by atoms with Crippen LogP contribution in [-0.2, 0) is 6.54 Å². The Morgan fingerprint density at radius 2 is 1.67 bits per heavy atom. The van der Waals surface area contributed by atoms with Crippen LogP contribution in [0.4, 0.5) is 5.69 Å². The molecule has 0 atom stereocenters. The van der Waals surface area contributed by atoms with E-state index < -0.39 is 0 Å². The number of hydrogen-bond acceptors (Lipinski definition) is 6. The molecule has 0 amide bonds. The van der Waals surface area contributed by atoms with Crippen LogP contribution >= 0.6 is 0 Å². The summed E-state index contributed by atoms with van der Waals surface area (Å²) in [6.07, 6.45) is 0. The van der Waals surface area contributed by atoms with Crippen LogP contribution in [0.15, 0.2) is 39.5 Å². The fraction of sp³-hybridized carbons (Fsp3) is 0.286. The summed E-state index contributed by atoms with van der Waals surface area (Å²) in [4.78, 5) is 14.3. The molecular weight excluding hydrogens is 346 g/mol. The molecule has 3 heterocycles. The van der Waals surface area contributed by atoms with Crippen molar-refractivity contribution >= 4 is 16.7 Å². The van der Waals surface area contributed by atoms with E-state index in [9.17, 15) is 4.79 Å². The molecule has 0 aliphatic carbocycles. The molecule has 2 aromatic carbocycles.